The maximum absolute atomic E-state index is 13.4. The molecule has 2 rings (SSSR count). The van der Waals surface area contributed by atoms with Crippen LogP contribution in [0.25, 0.3) is 0 Å². The van der Waals surface area contributed by atoms with Gasteiger partial charge in [-0.05, 0) is 18.2 Å². The molecule has 0 aliphatic rings. The predicted molar refractivity (Wildman–Crippen MR) is 63.4 cm³/mol. The minimum Gasteiger partial charge on any atom is -0.274 e. The summed E-state index contributed by atoms with van der Waals surface area (Å²) in [5, 5.41) is 0. The standard InChI is InChI=1S/C12H4F7NO2S/c13-4-1-2-5(14)6(3-4)23(21,22)20-12-10(18)8(16)7(15)9(17)11(12)19/h1-3,20H. The minimum atomic E-state index is -5.16. The Kier molecular flexibility index (Phi) is 4.24. The Bertz CT molecular complexity index is 870. The van der Waals surface area contributed by atoms with E-state index in [1.807, 2.05) is 0 Å². The van der Waals surface area contributed by atoms with Crippen molar-refractivity contribution >= 4 is 15.7 Å². The van der Waals surface area contributed by atoms with Gasteiger partial charge in [0.2, 0.25) is 5.82 Å². The van der Waals surface area contributed by atoms with E-state index in [0.29, 0.717) is 12.1 Å². The molecule has 0 atom stereocenters. The molecule has 11 heteroatoms. The molecule has 23 heavy (non-hydrogen) atoms. The molecule has 0 fully saturated rings. The molecular weight excluding hydrogens is 355 g/mol. The van der Waals surface area contributed by atoms with Crippen LogP contribution in [0, 0.1) is 40.7 Å². The van der Waals surface area contributed by atoms with Crippen molar-refractivity contribution in [1.82, 2.24) is 0 Å². The second-order valence-electron chi connectivity index (χ2n) is 4.13. The summed E-state index contributed by atoms with van der Waals surface area (Å²) in [5.74, 6) is -14.9. The number of rotatable bonds is 3. The molecule has 0 aromatic heterocycles. The number of halogens is 7. The molecule has 0 bridgehead atoms. The zero-order valence-electron chi connectivity index (χ0n) is 10.6. The van der Waals surface area contributed by atoms with Crippen molar-refractivity contribution in [2.24, 2.45) is 0 Å². The second kappa shape index (κ2) is 5.72. The molecule has 0 aliphatic heterocycles. The van der Waals surface area contributed by atoms with Crippen LogP contribution in [0.15, 0.2) is 23.1 Å². The summed E-state index contributed by atoms with van der Waals surface area (Å²) in [5.41, 5.74) is -1.91. The maximum atomic E-state index is 13.4. The number of anilines is 1. The van der Waals surface area contributed by atoms with E-state index in [1.54, 1.807) is 0 Å². The molecule has 0 saturated carbocycles. The quantitative estimate of drug-likeness (QED) is 0.518. The molecule has 2 aromatic carbocycles. The SMILES string of the molecule is O=S(=O)(Nc1c(F)c(F)c(F)c(F)c1F)c1cc(F)ccc1F. The van der Waals surface area contributed by atoms with Crippen LogP contribution in [0.1, 0.15) is 0 Å². The molecule has 0 radical (unpaired) electrons. The van der Waals surface area contributed by atoms with Crippen LogP contribution in [-0.4, -0.2) is 8.42 Å². The van der Waals surface area contributed by atoms with Crippen LogP contribution in [0.5, 0.6) is 0 Å². The Balaban J connectivity index is 2.61. The van der Waals surface area contributed by atoms with Gasteiger partial charge < -0.3 is 0 Å². The Labute approximate surface area is 124 Å². The molecule has 0 heterocycles. The van der Waals surface area contributed by atoms with Crippen molar-refractivity contribution in [3.8, 4) is 0 Å². The first-order chi connectivity index (χ1) is 10.6. The second-order valence-corrected chi connectivity index (χ2v) is 5.78. The number of benzene rings is 2. The molecule has 0 saturated heterocycles. The first kappa shape index (κ1) is 17.1. The number of nitrogens with one attached hydrogen (secondary N) is 1. The Morgan fingerprint density at radius 3 is 1.74 bits per heavy atom. The van der Waals surface area contributed by atoms with Gasteiger partial charge in [-0.2, -0.15) is 0 Å². The highest BCUT2D eigenvalue weighted by Gasteiger charge is 2.30. The highest BCUT2D eigenvalue weighted by molar-refractivity contribution is 7.92. The maximum Gasteiger partial charge on any atom is 0.265 e. The van der Waals surface area contributed by atoms with Crippen LogP contribution in [0.2, 0.25) is 0 Å². The van der Waals surface area contributed by atoms with Crippen LogP contribution in [0.3, 0.4) is 0 Å². The summed E-state index contributed by atoms with van der Waals surface area (Å²) in [6.45, 7) is 0. The normalized spacial score (nSPS) is 11.6. The molecule has 0 spiro atoms. The van der Waals surface area contributed by atoms with E-state index in [2.05, 4.69) is 0 Å². The summed E-state index contributed by atoms with van der Waals surface area (Å²) in [6.07, 6.45) is 0. The van der Waals surface area contributed by atoms with E-state index >= 15 is 0 Å². The van der Waals surface area contributed by atoms with Gasteiger partial charge in [0, 0.05) is 0 Å². The third-order valence-electron chi connectivity index (χ3n) is 2.63. The Morgan fingerprint density at radius 1 is 0.739 bits per heavy atom. The number of hydrogen-bond donors (Lipinski definition) is 1. The highest BCUT2D eigenvalue weighted by Crippen LogP contribution is 2.29. The van der Waals surface area contributed by atoms with Crippen molar-refractivity contribution in [2.75, 3.05) is 4.72 Å². The van der Waals surface area contributed by atoms with Crippen LogP contribution >= 0.6 is 0 Å². The van der Waals surface area contributed by atoms with E-state index in [9.17, 15) is 39.2 Å². The molecule has 124 valence electrons. The summed E-state index contributed by atoms with van der Waals surface area (Å²) in [4.78, 5) is -1.37. The lowest BCUT2D eigenvalue weighted by Crippen LogP contribution is -2.18. The topological polar surface area (TPSA) is 46.2 Å². The van der Waals surface area contributed by atoms with E-state index in [1.165, 1.54) is 0 Å². The summed E-state index contributed by atoms with van der Waals surface area (Å²) in [7, 11) is -5.16. The van der Waals surface area contributed by atoms with E-state index in [4.69, 9.17) is 0 Å². The smallest absolute Gasteiger partial charge is 0.265 e. The summed E-state index contributed by atoms with van der Waals surface area (Å²) in [6, 6.07) is 1.14. The van der Waals surface area contributed by atoms with Gasteiger partial charge in [-0.15, -0.1) is 0 Å². The van der Waals surface area contributed by atoms with Crippen LogP contribution in [-0.2, 0) is 10.0 Å². The molecule has 3 nitrogen and oxygen atoms in total. The van der Waals surface area contributed by atoms with Gasteiger partial charge in [-0.1, -0.05) is 0 Å². The third kappa shape index (κ3) is 2.96. The number of hydrogen-bond acceptors (Lipinski definition) is 2. The first-order valence-corrected chi connectivity index (χ1v) is 7.04. The molecule has 0 aliphatic carbocycles. The van der Waals surface area contributed by atoms with Crippen molar-refractivity contribution in [1.29, 1.82) is 0 Å². The molecular formula is C12H4F7NO2S. The average molecular weight is 359 g/mol. The fraction of sp³-hybridized carbons (Fsp3) is 0. The zero-order chi connectivity index (χ0) is 17.5. The van der Waals surface area contributed by atoms with Crippen molar-refractivity contribution in [3.63, 3.8) is 0 Å². The summed E-state index contributed by atoms with van der Waals surface area (Å²) >= 11 is 0. The van der Waals surface area contributed by atoms with Gasteiger partial charge >= 0.3 is 0 Å². The van der Waals surface area contributed by atoms with Crippen LogP contribution < -0.4 is 4.72 Å². The fourth-order valence-corrected chi connectivity index (χ4v) is 2.72. The molecule has 2 aromatic rings. The van der Waals surface area contributed by atoms with Gasteiger partial charge in [0.25, 0.3) is 10.0 Å². The molecule has 1 N–H and O–H groups in total. The summed E-state index contributed by atoms with van der Waals surface area (Å²) < 4.78 is 117. The van der Waals surface area contributed by atoms with Gasteiger partial charge in [0.15, 0.2) is 23.3 Å². The van der Waals surface area contributed by atoms with E-state index in [0.717, 1.165) is 4.72 Å². The van der Waals surface area contributed by atoms with Crippen molar-refractivity contribution in [3.05, 3.63) is 58.9 Å². The van der Waals surface area contributed by atoms with E-state index in [-0.39, 0.29) is 6.07 Å². The molecule has 0 unspecified atom stereocenters. The van der Waals surface area contributed by atoms with Gasteiger partial charge in [-0.3, -0.25) is 4.72 Å². The zero-order valence-corrected chi connectivity index (χ0v) is 11.4. The molecule has 0 amide bonds. The van der Waals surface area contributed by atoms with Crippen molar-refractivity contribution in [2.45, 2.75) is 4.90 Å². The largest absolute Gasteiger partial charge is 0.274 e. The Hall–Kier alpha value is -2.30. The number of sulfonamides is 1. The van der Waals surface area contributed by atoms with E-state index < -0.39 is 61.3 Å². The average Bonchev–Trinajstić information content (AvgIpc) is 2.50. The lowest BCUT2D eigenvalue weighted by atomic mass is 10.2. The van der Waals surface area contributed by atoms with Crippen molar-refractivity contribution < 1.29 is 39.2 Å². The predicted octanol–water partition coefficient (Wildman–Crippen LogP) is 3.46. The van der Waals surface area contributed by atoms with Gasteiger partial charge in [0.05, 0.1) is 0 Å². The third-order valence-corrected chi connectivity index (χ3v) is 3.99. The minimum absolute atomic E-state index is 0.170. The lowest BCUT2D eigenvalue weighted by Gasteiger charge is -2.12. The Morgan fingerprint density at radius 2 is 1.22 bits per heavy atom. The fourth-order valence-electron chi connectivity index (χ4n) is 1.57. The van der Waals surface area contributed by atoms with Gasteiger partial charge in [0.1, 0.15) is 22.2 Å². The van der Waals surface area contributed by atoms with Gasteiger partial charge in [-0.25, -0.2) is 39.2 Å². The van der Waals surface area contributed by atoms with Crippen LogP contribution in [0.4, 0.5) is 36.4 Å². The first-order valence-electron chi connectivity index (χ1n) is 5.55. The lowest BCUT2D eigenvalue weighted by molar-refractivity contribution is 0.382. The highest BCUT2D eigenvalue weighted by atomic mass is 32.2. The monoisotopic (exact) mass is 359 g/mol.